The number of benzene rings is 1. The van der Waals surface area contributed by atoms with Crippen molar-refractivity contribution in [1.29, 1.82) is 0 Å². The zero-order valence-electron chi connectivity index (χ0n) is 11.0. The van der Waals surface area contributed by atoms with E-state index in [1.54, 1.807) is 11.3 Å². The van der Waals surface area contributed by atoms with E-state index < -0.39 is 0 Å². The molecule has 0 atom stereocenters. The molecule has 0 amide bonds. The van der Waals surface area contributed by atoms with Crippen molar-refractivity contribution in [2.45, 2.75) is 26.2 Å². The molecular weight excluding hydrogens is 278 g/mol. The molecule has 3 aromatic rings. The monoisotopic (exact) mass is 291 g/mol. The van der Waals surface area contributed by atoms with Crippen molar-refractivity contribution in [3.63, 3.8) is 0 Å². The molecule has 0 unspecified atom stereocenters. The maximum atomic E-state index is 6.20. The van der Waals surface area contributed by atoms with Crippen LogP contribution in [0.1, 0.15) is 26.6 Å². The Labute approximate surface area is 120 Å². The summed E-state index contributed by atoms with van der Waals surface area (Å²) >= 11 is 7.94. The van der Waals surface area contributed by atoms with Crippen LogP contribution in [0.15, 0.2) is 29.6 Å². The molecule has 0 fully saturated rings. The predicted octanol–water partition coefficient (Wildman–Crippen LogP) is 4.43. The first-order chi connectivity index (χ1) is 8.97. The van der Waals surface area contributed by atoms with E-state index in [9.17, 15) is 0 Å². The lowest BCUT2D eigenvalue weighted by Crippen LogP contribution is -2.18. The quantitative estimate of drug-likeness (QED) is 0.664. The van der Waals surface area contributed by atoms with Gasteiger partial charge >= 0.3 is 0 Å². The minimum atomic E-state index is -0.107. The highest BCUT2D eigenvalue weighted by molar-refractivity contribution is 7.17. The summed E-state index contributed by atoms with van der Waals surface area (Å²) in [5, 5.41) is 11.9. The van der Waals surface area contributed by atoms with Crippen molar-refractivity contribution in [3.8, 4) is 5.69 Å². The summed E-state index contributed by atoms with van der Waals surface area (Å²) in [6.45, 7) is 6.31. The summed E-state index contributed by atoms with van der Waals surface area (Å²) in [5.41, 5.74) is 0.898. The molecule has 2 aromatic heterocycles. The fourth-order valence-corrected chi connectivity index (χ4v) is 3.06. The lowest BCUT2D eigenvalue weighted by molar-refractivity contribution is 0.533. The molecule has 0 saturated heterocycles. The number of rotatable bonds is 1. The Hall–Kier alpha value is -1.39. The first kappa shape index (κ1) is 12.6. The van der Waals surface area contributed by atoms with Gasteiger partial charge in [-0.05, 0) is 46.6 Å². The summed E-state index contributed by atoms with van der Waals surface area (Å²) in [6.07, 6.45) is 0. The maximum absolute atomic E-state index is 6.20. The maximum Gasteiger partial charge on any atom is 0.229 e. The van der Waals surface area contributed by atoms with Gasteiger partial charge in [0, 0.05) is 10.1 Å². The molecule has 0 aliphatic heterocycles. The number of hydrogen-bond acceptors (Lipinski definition) is 3. The van der Waals surface area contributed by atoms with Gasteiger partial charge in [0.1, 0.15) is 5.82 Å². The zero-order valence-corrected chi connectivity index (χ0v) is 12.6. The number of nitrogens with zero attached hydrogens (tertiary/aromatic N) is 3. The van der Waals surface area contributed by atoms with E-state index in [1.807, 2.05) is 4.57 Å². The van der Waals surface area contributed by atoms with Gasteiger partial charge in [-0.2, -0.15) is 0 Å². The minimum absolute atomic E-state index is 0.107. The van der Waals surface area contributed by atoms with Crippen LogP contribution >= 0.6 is 22.9 Å². The van der Waals surface area contributed by atoms with E-state index in [-0.39, 0.29) is 5.41 Å². The van der Waals surface area contributed by atoms with Crippen LogP contribution in [0.5, 0.6) is 0 Å². The molecule has 0 spiro atoms. The molecule has 0 saturated carbocycles. The van der Waals surface area contributed by atoms with Crippen LogP contribution < -0.4 is 0 Å². The Morgan fingerprint density at radius 3 is 2.68 bits per heavy atom. The Morgan fingerprint density at radius 2 is 1.95 bits per heavy atom. The molecule has 0 aliphatic carbocycles. The molecule has 0 bridgehead atoms. The topological polar surface area (TPSA) is 30.7 Å². The van der Waals surface area contributed by atoms with Crippen molar-refractivity contribution in [2.75, 3.05) is 0 Å². The van der Waals surface area contributed by atoms with Crippen molar-refractivity contribution < 1.29 is 0 Å². The van der Waals surface area contributed by atoms with E-state index in [0.717, 1.165) is 11.5 Å². The molecule has 0 aliphatic rings. The van der Waals surface area contributed by atoms with Gasteiger partial charge in [-0.3, -0.25) is 4.57 Å². The third-order valence-electron chi connectivity index (χ3n) is 2.99. The SMILES string of the molecule is CC(C)(C)c1nnc(Cl)n1-c1ccc2sccc2c1. The zero-order chi connectivity index (χ0) is 13.6. The van der Waals surface area contributed by atoms with Gasteiger partial charge in [-0.1, -0.05) is 20.8 Å². The van der Waals surface area contributed by atoms with Crippen LogP contribution in [0.2, 0.25) is 5.28 Å². The fourth-order valence-electron chi connectivity index (χ4n) is 2.07. The molecule has 0 radical (unpaired) electrons. The summed E-state index contributed by atoms with van der Waals surface area (Å²) < 4.78 is 3.18. The van der Waals surface area contributed by atoms with Gasteiger partial charge in [0.25, 0.3) is 0 Å². The standard InChI is InChI=1S/C14H14ClN3S/c1-14(2,3)12-16-17-13(15)18(12)10-4-5-11-9(8-10)6-7-19-11/h4-8H,1-3H3. The number of aromatic nitrogens is 3. The third kappa shape index (κ3) is 2.15. The molecule has 0 N–H and O–H groups in total. The molecule has 98 valence electrons. The second-order valence-corrected chi connectivity index (χ2v) is 6.81. The average molecular weight is 292 g/mol. The van der Waals surface area contributed by atoms with Crippen LogP contribution in [0.25, 0.3) is 15.8 Å². The highest BCUT2D eigenvalue weighted by Crippen LogP contribution is 2.29. The summed E-state index contributed by atoms with van der Waals surface area (Å²) in [5.74, 6) is 0.868. The second-order valence-electron chi connectivity index (χ2n) is 5.52. The average Bonchev–Trinajstić information content (AvgIpc) is 2.92. The van der Waals surface area contributed by atoms with Crippen molar-refractivity contribution in [3.05, 3.63) is 40.8 Å². The minimum Gasteiger partial charge on any atom is -0.269 e. The Balaban J connectivity index is 2.23. The first-order valence-corrected chi connectivity index (χ1v) is 7.31. The molecule has 19 heavy (non-hydrogen) atoms. The van der Waals surface area contributed by atoms with Crippen LogP contribution in [0, 0.1) is 0 Å². The Morgan fingerprint density at radius 1 is 1.16 bits per heavy atom. The summed E-state index contributed by atoms with van der Waals surface area (Å²) in [6, 6.07) is 8.40. The van der Waals surface area contributed by atoms with Gasteiger partial charge in [0.2, 0.25) is 5.28 Å². The van der Waals surface area contributed by atoms with Gasteiger partial charge in [-0.15, -0.1) is 21.5 Å². The summed E-state index contributed by atoms with van der Waals surface area (Å²) in [4.78, 5) is 0. The number of hydrogen-bond donors (Lipinski definition) is 0. The van der Waals surface area contributed by atoms with E-state index in [0.29, 0.717) is 5.28 Å². The molecule has 5 heteroatoms. The lowest BCUT2D eigenvalue weighted by Gasteiger charge is -2.19. The highest BCUT2D eigenvalue weighted by atomic mass is 35.5. The normalized spacial score (nSPS) is 12.2. The highest BCUT2D eigenvalue weighted by Gasteiger charge is 2.24. The van der Waals surface area contributed by atoms with E-state index in [1.165, 1.54) is 10.1 Å². The van der Waals surface area contributed by atoms with Crippen LogP contribution in [0.4, 0.5) is 0 Å². The van der Waals surface area contributed by atoms with Crippen LogP contribution in [0.3, 0.4) is 0 Å². The second kappa shape index (κ2) is 4.32. The largest absolute Gasteiger partial charge is 0.269 e. The molecule has 3 nitrogen and oxygen atoms in total. The third-order valence-corrected chi connectivity index (χ3v) is 4.13. The lowest BCUT2D eigenvalue weighted by atomic mass is 9.95. The molecule has 1 aromatic carbocycles. The van der Waals surface area contributed by atoms with E-state index >= 15 is 0 Å². The van der Waals surface area contributed by atoms with Gasteiger partial charge in [-0.25, -0.2) is 0 Å². The van der Waals surface area contributed by atoms with Crippen molar-refractivity contribution >= 4 is 33.0 Å². The number of thiophene rings is 1. The van der Waals surface area contributed by atoms with Gasteiger partial charge in [0.15, 0.2) is 0 Å². The van der Waals surface area contributed by atoms with Gasteiger partial charge in [0.05, 0.1) is 5.69 Å². The van der Waals surface area contributed by atoms with Crippen molar-refractivity contribution in [1.82, 2.24) is 14.8 Å². The Bertz CT molecular complexity index is 737. The van der Waals surface area contributed by atoms with Gasteiger partial charge < -0.3 is 0 Å². The van der Waals surface area contributed by atoms with E-state index in [4.69, 9.17) is 11.6 Å². The summed E-state index contributed by atoms with van der Waals surface area (Å²) in [7, 11) is 0. The number of halogens is 1. The number of fused-ring (bicyclic) bond motifs is 1. The first-order valence-electron chi connectivity index (χ1n) is 6.06. The fraction of sp³-hybridized carbons (Fsp3) is 0.286. The smallest absolute Gasteiger partial charge is 0.229 e. The molecule has 3 rings (SSSR count). The van der Waals surface area contributed by atoms with Crippen LogP contribution in [-0.4, -0.2) is 14.8 Å². The Kier molecular flexibility index (Phi) is 2.87. The van der Waals surface area contributed by atoms with E-state index in [2.05, 4.69) is 60.6 Å². The van der Waals surface area contributed by atoms with Crippen LogP contribution in [-0.2, 0) is 5.41 Å². The molecular formula is C14H14ClN3S. The predicted molar refractivity (Wildman–Crippen MR) is 80.5 cm³/mol. The molecule has 2 heterocycles. The van der Waals surface area contributed by atoms with Crippen molar-refractivity contribution in [2.24, 2.45) is 0 Å².